The summed E-state index contributed by atoms with van der Waals surface area (Å²) in [4.78, 5) is 11.4. The Bertz CT molecular complexity index is 310. The summed E-state index contributed by atoms with van der Waals surface area (Å²) in [5, 5.41) is 0. The van der Waals surface area contributed by atoms with Gasteiger partial charge in [-0.05, 0) is 30.2 Å². The van der Waals surface area contributed by atoms with Gasteiger partial charge in [0.15, 0.2) is 0 Å². The van der Waals surface area contributed by atoms with Crippen molar-refractivity contribution >= 4 is 18.6 Å². The van der Waals surface area contributed by atoms with E-state index in [2.05, 4.69) is 12.6 Å². The van der Waals surface area contributed by atoms with Gasteiger partial charge in [0, 0.05) is 0 Å². The third-order valence-corrected chi connectivity index (χ3v) is 2.34. The van der Waals surface area contributed by atoms with Crippen LogP contribution in [0.4, 0.5) is 0 Å². The lowest BCUT2D eigenvalue weighted by atomic mass is 10.0. The average Bonchev–Trinajstić information content (AvgIpc) is 2.25. The van der Waals surface area contributed by atoms with Gasteiger partial charge in [-0.3, -0.25) is 0 Å². The first-order valence-corrected chi connectivity index (χ1v) is 5.20. The highest BCUT2D eigenvalue weighted by molar-refractivity contribution is 7.80. The third-order valence-electron chi connectivity index (χ3n) is 2.03. The van der Waals surface area contributed by atoms with E-state index in [4.69, 9.17) is 4.74 Å². The van der Waals surface area contributed by atoms with Crippen LogP contribution in [0.1, 0.15) is 22.3 Å². The van der Waals surface area contributed by atoms with Crippen LogP contribution < -0.4 is 0 Å². The maximum Gasteiger partial charge on any atom is 0.338 e. The normalized spacial score (nSPS) is 9.86. The zero-order valence-corrected chi connectivity index (χ0v) is 9.09. The number of hydrogen-bond donors (Lipinski definition) is 1. The van der Waals surface area contributed by atoms with Gasteiger partial charge in [0.1, 0.15) is 0 Å². The van der Waals surface area contributed by atoms with Crippen LogP contribution in [0.15, 0.2) is 24.3 Å². The van der Waals surface area contributed by atoms with Gasteiger partial charge < -0.3 is 4.74 Å². The quantitative estimate of drug-likeness (QED) is 0.610. The van der Waals surface area contributed by atoms with E-state index in [1.54, 1.807) is 6.07 Å². The highest BCUT2D eigenvalue weighted by atomic mass is 32.1. The molecular weight excluding hydrogens is 196 g/mol. The van der Waals surface area contributed by atoms with E-state index >= 15 is 0 Å². The van der Waals surface area contributed by atoms with E-state index in [1.165, 1.54) is 7.11 Å². The Balaban J connectivity index is 2.85. The van der Waals surface area contributed by atoms with Gasteiger partial charge >= 0.3 is 5.97 Å². The molecule has 2 nitrogen and oxygen atoms in total. The van der Waals surface area contributed by atoms with Crippen molar-refractivity contribution in [2.45, 2.75) is 12.8 Å². The van der Waals surface area contributed by atoms with Crippen molar-refractivity contribution < 1.29 is 9.53 Å². The molecule has 1 aromatic carbocycles. The second kappa shape index (κ2) is 5.70. The van der Waals surface area contributed by atoms with Crippen LogP contribution in [0.3, 0.4) is 0 Å². The van der Waals surface area contributed by atoms with E-state index in [-0.39, 0.29) is 5.97 Å². The first-order chi connectivity index (χ1) is 6.79. The molecule has 0 saturated heterocycles. The molecule has 0 heterocycles. The number of esters is 1. The summed E-state index contributed by atoms with van der Waals surface area (Å²) >= 11 is 4.14. The molecule has 0 aliphatic carbocycles. The Morgan fingerprint density at radius 2 is 2.14 bits per heavy atom. The number of carbonyl (C=O) groups excluding carboxylic acids is 1. The summed E-state index contributed by atoms with van der Waals surface area (Å²) in [6, 6.07) is 7.52. The molecule has 0 radical (unpaired) electrons. The SMILES string of the molecule is COC(=O)c1ccccc1CCCS. The monoisotopic (exact) mass is 210 g/mol. The molecule has 0 fully saturated rings. The van der Waals surface area contributed by atoms with Gasteiger partial charge in [0.05, 0.1) is 12.7 Å². The summed E-state index contributed by atoms with van der Waals surface area (Å²) in [5.74, 6) is 0.565. The molecule has 0 aromatic heterocycles. The van der Waals surface area contributed by atoms with Gasteiger partial charge in [0.2, 0.25) is 0 Å². The molecule has 1 rings (SSSR count). The zero-order chi connectivity index (χ0) is 10.4. The van der Waals surface area contributed by atoms with Crippen LogP contribution in [0, 0.1) is 0 Å². The molecule has 0 spiro atoms. The fraction of sp³-hybridized carbons (Fsp3) is 0.364. The highest BCUT2D eigenvalue weighted by Gasteiger charge is 2.09. The number of hydrogen-bond acceptors (Lipinski definition) is 3. The van der Waals surface area contributed by atoms with Crippen molar-refractivity contribution in [3.05, 3.63) is 35.4 Å². The van der Waals surface area contributed by atoms with Gasteiger partial charge in [-0.2, -0.15) is 12.6 Å². The maximum absolute atomic E-state index is 11.4. The summed E-state index contributed by atoms with van der Waals surface area (Å²) in [6.45, 7) is 0. The molecule has 0 atom stereocenters. The van der Waals surface area contributed by atoms with E-state index in [1.807, 2.05) is 18.2 Å². The standard InChI is InChI=1S/C11H14O2S/c1-13-11(12)10-7-3-2-5-9(10)6-4-8-14/h2-3,5,7,14H,4,6,8H2,1H3. The summed E-state index contributed by atoms with van der Waals surface area (Å²) < 4.78 is 4.70. The highest BCUT2D eigenvalue weighted by Crippen LogP contribution is 2.12. The Morgan fingerprint density at radius 1 is 1.43 bits per heavy atom. The van der Waals surface area contributed by atoms with E-state index in [9.17, 15) is 4.79 Å². The topological polar surface area (TPSA) is 26.3 Å². The number of aryl methyl sites for hydroxylation is 1. The minimum atomic E-state index is -0.264. The lowest BCUT2D eigenvalue weighted by Crippen LogP contribution is -2.05. The Labute approximate surface area is 89.7 Å². The molecule has 0 aliphatic heterocycles. The number of ether oxygens (including phenoxy) is 1. The van der Waals surface area contributed by atoms with E-state index in [0.29, 0.717) is 5.56 Å². The summed E-state index contributed by atoms with van der Waals surface area (Å²) in [7, 11) is 1.40. The van der Waals surface area contributed by atoms with Gasteiger partial charge in [0.25, 0.3) is 0 Å². The van der Waals surface area contributed by atoms with Crippen molar-refractivity contribution in [2.24, 2.45) is 0 Å². The molecule has 3 heteroatoms. The molecule has 0 bridgehead atoms. The van der Waals surface area contributed by atoms with Gasteiger partial charge in [-0.15, -0.1) is 0 Å². The number of methoxy groups -OCH3 is 1. The Hall–Kier alpha value is -0.960. The van der Waals surface area contributed by atoms with Crippen LogP contribution in [0.5, 0.6) is 0 Å². The largest absolute Gasteiger partial charge is 0.465 e. The number of rotatable bonds is 4. The van der Waals surface area contributed by atoms with Crippen molar-refractivity contribution in [3.63, 3.8) is 0 Å². The third kappa shape index (κ3) is 2.77. The molecule has 1 aromatic rings. The van der Waals surface area contributed by atoms with Crippen molar-refractivity contribution in [3.8, 4) is 0 Å². The lowest BCUT2D eigenvalue weighted by molar-refractivity contribution is 0.0599. The van der Waals surface area contributed by atoms with Gasteiger partial charge in [-0.1, -0.05) is 18.2 Å². The van der Waals surface area contributed by atoms with Crippen molar-refractivity contribution in [2.75, 3.05) is 12.9 Å². The van der Waals surface area contributed by atoms with Crippen LogP contribution in [-0.4, -0.2) is 18.8 Å². The van der Waals surface area contributed by atoms with Crippen molar-refractivity contribution in [1.29, 1.82) is 0 Å². The van der Waals surface area contributed by atoms with Crippen LogP contribution in [0.2, 0.25) is 0 Å². The number of carbonyl (C=O) groups is 1. The molecule has 14 heavy (non-hydrogen) atoms. The summed E-state index contributed by atoms with van der Waals surface area (Å²) in [6.07, 6.45) is 1.84. The maximum atomic E-state index is 11.4. The minimum Gasteiger partial charge on any atom is -0.465 e. The van der Waals surface area contributed by atoms with Crippen LogP contribution in [-0.2, 0) is 11.2 Å². The summed E-state index contributed by atoms with van der Waals surface area (Å²) in [5.41, 5.74) is 1.70. The Morgan fingerprint density at radius 3 is 2.79 bits per heavy atom. The molecule has 0 saturated carbocycles. The van der Waals surface area contributed by atoms with Crippen LogP contribution >= 0.6 is 12.6 Å². The first-order valence-electron chi connectivity index (χ1n) is 4.56. The van der Waals surface area contributed by atoms with Gasteiger partial charge in [-0.25, -0.2) is 4.79 Å². The first kappa shape index (κ1) is 11.1. The van der Waals surface area contributed by atoms with E-state index in [0.717, 1.165) is 24.2 Å². The van der Waals surface area contributed by atoms with Crippen LogP contribution in [0.25, 0.3) is 0 Å². The Kier molecular flexibility index (Phi) is 4.53. The fourth-order valence-corrected chi connectivity index (χ4v) is 1.48. The number of thiol groups is 1. The molecule has 0 amide bonds. The molecule has 0 N–H and O–H groups in total. The number of benzene rings is 1. The minimum absolute atomic E-state index is 0.264. The van der Waals surface area contributed by atoms with E-state index < -0.39 is 0 Å². The predicted molar refractivity (Wildman–Crippen MR) is 60.0 cm³/mol. The second-order valence-corrected chi connectivity index (χ2v) is 3.42. The lowest BCUT2D eigenvalue weighted by Gasteiger charge is -2.06. The molecular formula is C11H14O2S. The molecule has 76 valence electrons. The van der Waals surface area contributed by atoms with Crippen molar-refractivity contribution in [1.82, 2.24) is 0 Å². The predicted octanol–water partition coefficient (Wildman–Crippen LogP) is 2.34. The average molecular weight is 210 g/mol. The molecule has 0 aliphatic rings. The second-order valence-electron chi connectivity index (χ2n) is 2.98. The zero-order valence-electron chi connectivity index (χ0n) is 8.19. The smallest absolute Gasteiger partial charge is 0.338 e. The fourth-order valence-electron chi connectivity index (χ4n) is 1.32. The molecule has 0 unspecified atom stereocenters.